The van der Waals surface area contributed by atoms with Crippen LogP contribution in [0.15, 0.2) is 42.7 Å². The molecule has 0 saturated carbocycles. The first kappa shape index (κ1) is 15.0. The van der Waals surface area contributed by atoms with Crippen LogP contribution in [0.4, 0.5) is 10.1 Å². The lowest BCUT2D eigenvalue weighted by Crippen LogP contribution is -2.36. The summed E-state index contributed by atoms with van der Waals surface area (Å²) >= 11 is 0. The van der Waals surface area contributed by atoms with Gasteiger partial charge in [-0.05, 0) is 37.6 Å². The summed E-state index contributed by atoms with van der Waals surface area (Å²) in [5.41, 5.74) is 7.55. The van der Waals surface area contributed by atoms with Crippen LogP contribution < -0.4 is 5.73 Å². The van der Waals surface area contributed by atoms with Gasteiger partial charge in [0.05, 0.1) is 11.8 Å². The number of amides is 1. The minimum absolute atomic E-state index is 0.0154. The van der Waals surface area contributed by atoms with E-state index >= 15 is 0 Å². The standard InChI is InChI=1S/C16H18FN3O/c1-11(2)20(10-12-3-5-15(18)6-4-12)16(21)13-7-14(17)9-19-8-13/h3-9,11H,10,18H2,1-2H3. The first-order valence-corrected chi connectivity index (χ1v) is 6.73. The van der Waals surface area contributed by atoms with Crippen LogP contribution in [0.3, 0.4) is 0 Å². The molecule has 2 N–H and O–H groups in total. The summed E-state index contributed by atoms with van der Waals surface area (Å²) in [6.07, 6.45) is 2.46. The number of hydrogen-bond donors (Lipinski definition) is 1. The average molecular weight is 287 g/mol. The summed E-state index contributed by atoms with van der Waals surface area (Å²) in [5, 5.41) is 0. The van der Waals surface area contributed by atoms with Gasteiger partial charge in [-0.15, -0.1) is 0 Å². The third-order valence-corrected chi connectivity index (χ3v) is 3.17. The lowest BCUT2D eigenvalue weighted by molar-refractivity contribution is 0.0689. The van der Waals surface area contributed by atoms with E-state index in [9.17, 15) is 9.18 Å². The number of anilines is 1. The number of hydrogen-bond acceptors (Lipinski definition) is 3. The molecule has 4 nitrogen and oxygen atoms in total. The molecule has 0 radical (unpaired) electrons. The van der Waals surface area contributed by atoms with Crippen molar-refractivity contribution >= 4 is 11.6 Å². The van der Waals surface area contributed by atoms with Crippen molar-refractivity contribution < 1.29 is 9.18 Å². The Labute approximate surface area is 123 Å². The van der Waals surface area contributed by atoms with Crippen LogP contribution in [0.2, 0.25) is 0 Å². The van der Waals surface area contributed by atoms with Crippen molar-refractivity contribution in [1.29, 1.82) is 0 Å². The highest BCUT2D eigenvalue weighted by molar-refractivity contribution is 5.94. The maximum atomic E-state index is 13.2. The summed E-state index contributed by atoms with van der Waals surface area (Å²) in [7, 11) is 0. The molecule has 0 aliphatic rings. The van der Waals surface area contributed by atoms with Gasteiger partial charge >= 0.3 is 0 Å². The summed E-state index contributed by atoms with van der Waals surface area (Å²) in [4.78, 5) is 17.9. The second-order valence-corrected chi connectivity index (χ2v) is 5.16. The molecule has 0 fully saturated rings. The number of pyridine rings is 1. The molecule has 2 aromatic rings. The van der Waals surface area contributed by atoms with Gasteiger partial charge in [-0.2, -0.15) is 0 Å². The van der Waals surface area contributed by atoms with E-state index in [1.807, 2.05) is 26.0 Å². The van der Waals surface area contributed by atoms with Crippen molar-refractivity contribution in [2.24, 2.45) is 0 Å². The summed E-state index contributed by atoms with van der Waals surface area (Å²) in [6.45, 7) is 4.27. The quantitative estimate of drug-likeness (QED) is 0.880. The van der Waals surface area contributed by atoms with E-state index in [1.165, 1.54) is 12.3 Å². The van der Waals surface area contributed by atoms with Crippen LogP contribution in [0.1, 0.15) is 29.8 Å². The van der Waals surface area contributed by atoms with E-state index in [0.717, 1.165) is 11.8 Å². The molecular formula is C16H18FN3O. The highest BCUT2D eigenvalue weighted by atomic mass is 19.1. The van der Waals surface area contributed by atoms with Gasteiger partial charge in [0.25, 0.3) is 5.91 Å². The van der Waals surface area contributed by atoms with Gasteiger partial charge in [0, 0.05) is 24.5 Å². The molecule has 0 aliphatic heterocycles. The number of halogens is 1. The maximum absolute atomic E-state index is 13.2. The minimum Gasteiger partial charge on any atom is -0.399 e. The molecule has 0 atom stereocenters. The molecule has 0 spiro atoms. The molecule has 0 unspecified atom stereocenters. The van der Waals surface area contributed by atoms with Crippen molar-refractivity contribution in [3.05, 3.63) is 59.7 Å². The van der Waals surface area contributed by atoms with Crippen LogP contribution in [-0.2, 0) is 6.54 Å². The van der Waals surface area contributed by atoms with Crippen molar-refractivity contribution in [3.8, 4) is 0 Å². The Morgan fingerprint density at radius 3 is 2.52 bits per heavy atom. The Morgan fingerprint density at radius 2 is 1.95 bits per heavy atom. The van der Waals surface area contributed by atoms with E-state index in [-0.39, 0.29) is 17.5 Å². The Bertz CT molecular complexity index is 626. The van der Waals surface area contributed by atoms with Crippen molar-refractivity contribution in [3.63, 3.8) is 0 Å². The van der Waals surface area contributed by atoms with Crippen LogP contribution in [0.25, 0.3) is 0 Å². The fourth-order valence-corrected chi connectivity index (χ4v) is 2.00. The summed E-state index contributed by atoms with van der Waals surface area (Å²) in [5.74, 6) is -0.758. The number of carbonyl (C=O) groups is 1. The fourth-order valence-electron chi connectivity index (χ4n) is 2.00. The number of rotatable bonds is 4. The van der Waals surface area contributed by atoms with Crippen LogP contribution in [0, 0.1) is 5.82 Å². The normalized spacial score (nSPS) is 10.7. The smallest absolute Gasteiger partial charge is 0.256 e. The van der Waals surface area contributed by atoms with Gasteiger partial charge in [-0.25, -0.2) is 4.39 Å². The monoisotopic (exact) mass is 287 g/mol. The Kier molecular flexibility index (Phi) is 4.52. The molecular weight excluding hydrogens is 269 g/mol. The molecule has 0 aliphatic carbocycles. The maximum Gasteiger partial charge on any atom is 0.256 e. The van der Waals surface area contributed by atoms with Gasteiger partial charge in [-0.1, -0.05) is 12.1 Å². The molecule has 110 valence electrons. The second kappa shape index (κ2) is 6.35. The Balaban J connectivity index is 2.22. The summed E-state index contributed by atoms with van der Waals surface area (Å²) < 4.78 is 13.2. The zero-order valence-corrected chi connectivity index (χ0v) is 12.1. The predicted molar refractivity (Wildman–Crippen MR) is 80.1 cm³/mol. The molecule has 1 aromatic carbocycles. The van der Waals surface area contributed by atoms with Crippen molar-refractivity contribution in [2.45, 2.75) is 26.4 Å². The van der Waals surface area contributed by atoms with Crippen LogP contribution >= 0.6 is 0 Å². The van der Waals surface area contributed by atoms with Crippen molar-refractivity contribution in [1.82, 2.24) is 9.88 Å². The topological polar surface area (TPSA) is 59.2 Å². The third kappa shape index (κ3) is 3.78. The average Bonchev–Trinajstić information content (AvgIpc) is 2.45. The Morgan fingerprint density at radius 1 is 1.29 bits per heavy atom. The molecule has 21 heavy (non-hydrogen) atoms. The molecule has 5 heteroatoms. The van der Waals surface area contributed by atoms with E-state index in [1.54, 1.807) is 17.0 Å². The number of nitrogens with two attached hydrogens (primary N) is 1. The van der Waals surface area contributed by atoms with Crippen LogP contribution in [0.5, 0.6) is 0 Å². The molecule has 2 rings (SSSR count). The van der Waals surface area contributed by atoms with Gasteiger partial charge in [0.2, 0.25) is 0 Å². The highest BCUT2D eigenvalue weighted by Crippen LogP contribution is 2.14. The van der Waals surface area contributed by atoms with Crippen molar-refractivity contribution in [2.75, 3.05) is 5.73 Å². The zero-order chi connectivity index (χ0) is 15.4. The third-order valence-electron chi connectivity index (χ3n) is 3.17. The van der Waals surface area contributed by atoms with E-state index < -0.39 is 5.82 Å². The number of aromatic nitrogens is 1. The van der Waals surface area contributed by atoms with E-state index in [2.05, 4.69) is 4.98 Å². The summed E-state index contributed by atoms with van der Waals surface area (Å²) in [6, 6.07) is 8.53. The van der Waals surface area contributed by atoms with E-state index in [4.69, 9.17) is 5.73 Å². The van der Waals surface area contributed by atoms with Crippen LogP contribution in [-0.4, -0.2) is 21.8 Å². The number of carbonyl (C=O) groups excluding carboxylic acids is 1. The highest BCUT2D eigenvalue weighted by Gasteiger charge is 2.19. The van der Waals surface area contributed by atoms with Gasteiger partial charge < -0.3 is 10.6 Å². The number of nitrogen functional groups attached to an aromatic ring is 1. The van der Waals surface area contributed by atoms with Gasteiger partial charge in [-0.3, -0.25) is 9.78 Å². The molecule has 0 bridgehead atoms. The number of benzene rings is 1. The minimum atomic E-state index is -0.517. The van der Waals surface area contributed by atoms with Gasteiger partial charge in [0.1, 0.15) is 5.82 Å². The van der Waals surface area contributed by atoms with E-state index in [0.29, 0.717) is 12.2 Å². The second-order valence-electron chi connectivity index (χ2n) is 5.16. The first-order valence-electron chi connectivity index (χ1n) is 6.73. The molecule has 1 amide bonds. The predicted octanol–water partition coefficient (Wildman–Crippen LogP) is 2.85. The fraction of sp³-hybridized carbons (Fsp3) is 0.250. The zero-order valence-electron chi connectivity index (χ0n) is 12.1. The molecule has 0 saturated heterocycles. The molecule has 1 aromatic heterocycles. The Hall–Kier alpha value is -2.43. The van der Waals surface area contributed by atoms with Gasteiger partial charge in [0.15, 0.2) is 0 Å². The lowest BCUT2D eigenvalue weighted by atomic mass is 10.1. The first-order chi connectivity index (χ1) is 9.97. The SMILES string of the molecule is CC(C)N(Cc1ccc(N)cc1)C(=O)c1cncc(F)c1. The lowest BCUT2D eigenvalue weighted by Gasteiger charge is -2.27. The number of nitrogens with zero attached hydrogens (tertiary/aromatic N) is 2. The largest absolute Gasteiger partial charge is 0.399 e. The molecule has 1 heterocycles.